The molecule has 1 aromatic rings. The number of nitrogens with one attached hydrogen (secondary N) is 1. The Bertz CT molecular complexity index is 521. The highest BCUT2D eigenvalue weighted by Gasteiger charge is 2.30. The molecule has 8 nitrogen and oxygen atoms in total. The van der Waals surface area contributed by atoms with E-state index < -0.39 is 23.5 Å². The highest BCUT2D eigenvalue weighted by Crippen LogP contribution is 2.13. The molecule has 0 aromatic carbocycles. The van der Waals surface area contributed by atoms with Crippen molar-refractivity contribution in [3.05, 3.63) is 28.2 Å². The lowest BCUT2D eigenvalue weighted by Gasteiger charge is -2.34. The van der Waals surface area contributed by atoms with Gasteiger partial charge in [-0.2, -0.15) is 5.10 Å². The Labute approximate surface area is 108 Å². The van der Waals surface area contributed by atoms with Gasteiger partial charge in [-0.3, -0.25) is 14.4 Å². The molecular weight excluding hydrogens is 254 g/mol. The maximum Gasteiger partial charge on any atom is 0.305 e. The van der Waals surface area contributed by atoms with E-state index in [2.05, 4.69) is 10.2 Å². The van der Waals surface area contributed by atoms with E-state index in [4.69, 9.17) is 9.84 Å². The lowest BCUT2D eigenvalue weighted by molar-refractivity contribution is -0.139. The van der Waals surface area contributed by atoms with E-state index in [0.717, 1.165) is 0 Å². The lowest BCUT2D eigenvalue weighted by atomic mass is 10.1. The van der Waals surface area contributed by atoms with E-state index in [0.29, 0.717) is 13.2 Å². The molecule has 1 aliphatic rings. The fourth-order valence-corrected chi connectivity index (χ4v) is 1.90. The molecule has 2 N–H and O–H groups in total. The summed E-state index contributed by atoms with van der Waals surface area (Å²) < 4.78 is 5.18. The Balaban J connectivity index is 2.17. The second-order valence-electron chi connectivity index (χ2n) is 4.13. The molecule has 0 saturated carbocycles. The molecule has 1 aromatic heterocycles. The first-order valence-electron chi connectivity index (χ1n) is 5.74. The van der Waals surface area contributed by atoms with Crippen molar-refractivity contribution in [1.29, 1.82) is 0 Å². The fraction of sp³-hybridized carbons (Fsp3) is 0.455. The van der Waals surface area contributed by atoms with Crippen LogP contribution in [0.4, 0.5) is 0 Å². The number of ether oxygens (including phenoxy) is 1. The third kappa shape index (κ3) is 3.16. The van der Waals surface area contributed by atoms with E-state index in [-0.39, 0.29) is 18.7 Å². The predicted octanol–water partition coefficient (Wildman–Crippen LogP) is -0.914. The van der Waals surface area contributed by atoms with E-state index in [9.17, 15) is 14.4 Å². The van der Waals surface area contributed by atoms with Crippen molar-refractivity contribution >= 4 is 11.9 Å². The molecule has 19 heavy (non-hydrogen) atoms. The summed E-state index contributed by atoms with van der Waals surface area (Å²) in [4.78, 5) is 35.3. The van der Waals surface area contributed by atoms with Crippen LogP contribution in [0, 0.1) is 0 Å². The van der Waals surface area contributed by atoms with Gasteiger partial charge in [-0.05, 0) is 6.07 Å². The van der Waals surface area contributed by atoms with Gasteiger partial charge in [-0.15, -0.1) is 0 Å². The molecule has 1 fully saturated rings. The van der Waals surface area contributed by atoms with Gasteiger partial charge in [0.15, 0.2) is 0 Å². The first-order chi connectivity index (χ1) is 9.08. The SMILES string of the molecule is O=C(O)CC1COCCN1C(=O)c1ccc(=O)[nH]n1. The maximum atomic E-state index is 12.2. The van der Waals surface area contributed by atoms with Gasteiger partial charge in [0.1, 0.15) is 5.69 Å². The van der Waals surface area contributed by atoms with Crippen LogP contribution < -0.4 is 5.56 Å². The van der Waals surface area contributed by atoms with Crippen LogP contribution in [0.25, 0.3) is 0 Å². The van der Waals surface area contributed by atoms with Gasteiger partial charge < -0.3 is 14.7 Å². The highest BCUT2D eigenvalue weighted by atomic mass is 16.5. The van der Waals surface area contributed by atoms with Crippen molar-refractivity contribution < 1.29 is 19.4 Å². The van der Waals surface area contributed by atoms with Crippen LogP contribution in [0.2, 0.25) is 0 Å². The fourth-order valence-electron chi connectivity index (χ4n) is 1.90. The molecule has 2 heterocycles. The molecule has 2 rings (SSSR count). The Hall–Kier alpha value is -2.22. The number of morpholine rings is 1. The van der Waals surface area contributed by atoms with Gasteiger partial charge >= 0.3 is 5.97 Å². The molecule has 0 spiro atoms. The number of carbonyl (C=O) groups is 2. The summed E-state index contributed by atoms with van der Waals surface area (Å²) in [6.07, 6.45) is -0.185. The van der Waals surface area contributed by atoms with Crippen molar-refractivity contribution in [1.82, 2.24) is 15.1 Å². The lowest BCUT2D eigenvalue weighted by Crippen LogP contribution is -2.49. The monoisotopic (exact) mass is 267 g/mol. The summed E-state index contributed by atoms with van der Waals surface area (Å²) in [6, 6.07) is 1.99. The minimum atomic E-state index is -0.997. The number of hydrogen-bond acceptors (Lipinski definition) is 5. The zero-order chi connectivity index (χ0) is 13.8. The summed E-state index contributed by atoms with van der Waals surface area (Å²) in [6.45, 7) is 0.837. The summed E-state index contributed by atoms with van der Waals surface area (Å²) in [5.41, 5.74) is -0.322. The second kappa shape index (κ2) is 5.61. The number of amides is 1. The molecular formula is C11H13N3O5. The topological polar surface area (TPSA) is 113 Å². The highest BCUT2D eigenvalue weighted by molar-refractivity contribution is 5.92. The molecule has 1 amide bonds. The van der Waals surface area contributed by atoms with Gasteiger partial charge in [0.05, 0.1) is 25.7 Å². The van der Waals surface area contributed by atoms with E-state index >= 15 is 0 Å². The molecule has 1 unspecified atom stereocenters. The van der Waals surface area contributed by atoms with Gasteiger partial charge in [0.2, 0.25) is 0 Å². The minimum absolute atomic E-state index is 0.0805. The molecule has 0 radical (unpaired) electrons. The van der Waals surface area contributed by atoms with Crippen molar-refractivity contribution in [2.45, 2.75) is 12.5 Å². The van der Waals surface area contributed by atoms with Crippen LogP contribution in [-0.2, 0) is 9.53 Å². The van der Waals surface area contributed by atoms with Crippen molar-refractivity contribution in [3.63, 3.8) is 0 Å². The van der Waals surface area contributed by atoms with E-state index in [1.807, 2.05) is 0 Å². The zero-order valence-corrected chi connectivity index (χ0v) is 10.0. The van der Waals surface area contributed by atoms with Crippen molar-refractivity contribution in [2.75, 3.05) is 19.8 Å². The molecule has 1 aliphatic heterocycles. The number of H-pyrrole nitrogens is 1. The smallest absolute Gasteiger partial charge is 0.305 e. The standard InChI is InChI=1S/C11H13N3O5/c15-9-2-1-8(12-13-9)11(18)14-3-4-19-6-7(14)5-10(16)17/h1-2,7H,3-6H2,(H,13,15)(H,16,17). The number of nitrogens with zero attached hydrogens (tertiary/aromatic N) is 2. The number of rotatable bonds is 3. The predicted molar refractivity (Wildman–Crippen MR) is 62.8 cm³/mol. The molecule has 8 heteroatoms. The van der Waals surface area contributed by atoms with Gasteiger partial charge in [0.25, 0.3) is 11.5 Å². The van der Waals surface area contributed by atoms with Crippen molar-refractivity contribution in [3.8, 4) is 0 Å². The molecule has 102 valence electrons. The Kier molecular flexibility index (Phi) is 3.91. The Morgan fingerprint density at radius 1 is 1.53 bits per heavy atom. The average Bonchev–Trinajstić information content (AvgIpc) is 2.39. The quantitative estimate of drug-likeness (QED) is 0.732. The molecule has 1 atom stereocenters. The molecule has 0 bridgehead atoms. The van der Waals surface area contributed by atoms with Crippen LogP contribution in [0.5, 0.6) is 0 Å². The number of aromatic nitrogens is 2. The normalized spacial score (nSPS) is 19.2. The third-order valence-electron chi connectivity index (χ3n) is 2.80. The van der Waals surface area contributed by atoms with Crippen LogP contribution in [0.3, 0.4) is 0 Å². The first-order valence-corrected chi connectivity index (χ1v) is 5.74. The summed E-state index contributed by atoms with van der Waals surface area (Å²) in [5.74, 6) is -1.41. The number of carboxylic acid groups (broad SMARTS) is 1. The van der Waals surface area contributed by atoms with Crippen molar-refractivity contribution in [2.24, 2.45) is 0 Å². The Morgan fingerprint density at radius 3 is 2.95 bits per heavy atom. The molecule has 1 saturated heterocycles. The Morgan fingerprint density at radius 2 is 2.32 bits per heavy atom. The van der Waals surface area contributed by atoms with Gasteiger partial charge in [-0.1, -0.05) is 0 Å². The van der Waals surface area contributed by atoms with E-state index in [1.165, 1.54) is 17.0 Å². The largest absolute Gasteiger partial charge is 0.481 e. The van der Waals surface area contributed by atoms with Crippen LogP contribution >= 0.6 is 0 Å². The second-order valence-corrected chi connectivity index (χ2v) is 4.13. The number of aliphatic carboxylic acids is 1. The van der Waals surface area contributed by atoms with Crippen LogP contribution in [0.15, 0.2) is 16.9 Å². The maximum absolute atomic E-state index is 12.2. The average molecular weight is 267 g/mol. The minimum Gasteiger partial charge on any atom is -0.481 e. The van der Waals surface area contributed by atoms with Gasteiger partial charge in [0, 0.05) is 12.6 Å². The van der Waals surface area contributed by atoms with Crippen LogP contribution in [0.1, 0.15) is 16.9 Å². The number of hydrogen-bond donors (Lipinski definition) is 2. The van der Waals surface area contributed by atoms with E-state index in [1.54, 1.807) is 0 Å². The zero-order valence-electron chi connectivity index (χ0n) is 10.0. The summed E-state index contributed by atoms with van der Waals surface area (Å²) >= 11 is 0. The summed E-state index contributed by atoms with van der Waals surface area (Å²) in [5, 5.41) is 14.6. The first kappa shape index (κ1) is 13.2. The third-order valence-corrected chi connectivity index (χ3v) is 2.80. The number of carbonyl (C=O) groups excluding carboxylic acids is 1. The number of carboxylic acids is 1. The number of aromatic amines is 1. The van der Waals surface area contributed by atoms with Gasteiger partial charge in [-0.25, -0.2) is 5.10 Å². The molecule has 0 aliphatic carbocycles. The van der Waals surface area contributed by atoms with Crippen LogP contribution in [-0.4, -0.2) is 57.9 Å². The summed E-state index contributed by atoms with van der Waals surface area (Å²) in [7, 11) is 0.